The van der Waals surface area contributed by atoms with Crippen LogP contribution in [0.25, 0.3) is 0 Å². The third-order valence-electron chi connectivity index (χ3n) is 4.29. The molecule has 1 aromatic heterocycles. The Hall–Kier alpha value is -2.08. The minimum Gasteiger partial charge on any atom is -0.382 e. The molecule has 1 aliphatic rings. The van der Waals surface area contributed by atoms with Gasteiger partial charge in [0.05, 0.1) is 12.6 Å². The molecule has 24 heavy (non-hydrogen) atoms. The summed E-state index contributed by atoms with van der Waals surface area (Å²) in [6.07, 6.45) is 4.12. The van der Waals surface area contributed by atoms with Crippen LogP contribution < -0.4 is 5.32 Å². The number of aryl methyl sites for hydroxylation is 2. The molecule has 1 N–H and O–H groups in total. The van der Waals surface area contributed by atoms with E-state index in [1.165, 1.54) is 6.07 Å². The molecule has 0 radical (unpaired) electrons. The van der Waals surface area contributed by atoms with Gasteiger partial charge in [-0.3, -0.25) is 0 Å². The smallest absolute Gasteiger partial charge is 0.159 e. The summed E-state index contributed by atoms with van der Waals surface area (Å²) >= 11 is 0. The van der Waals surface area contributed by atoms with Crippen molar-refractivity contribution < 1.29 is 13.5 Å². The van der Waals surface area contributed by atoms with Gasteiger partial charge < -0.3 is 10.1 Å². The standard InChI is InChI=1S/C18H21F2N3O/c1-11-21-16-6-4-3-5-13(16)18(22-11)23-17(10-24-2)12-7-8-14(19)15(20)9-12/h7-9,17H,3-6,10H2,1-2H3,(H,21,22,23). The van der Waals surface area contributed by atoms with Gasteiger partial charge in [0, 0.05) is 18.4 Å². The second kappa shape index (κ2) is 7.21. The highest BCUT2D eigenvalue weighted by molar-refractivity contribution is 5.49. The molecule has 2 aromatic rings. The van der Waals surface area contributed by atoms with E-state index in [0.29, 0.717) is 18.0 Å². The number of hydrogen-bond acceptors (Lipinski definition) is 4. The average Bonchev–Trinajstić information content (AvgIpc) is 2.57. The van der Waals surface area contributed by atoms with Gasteiger partial charge in [0.2, 0.25) is 0 Å². The number of nitrogens with zero attached hydrogens (tertiary/aromatic N) is 2. The van der Waals surface area contributed by atoms with Crippen molar-refractivity contribution in [3.05, 3.63) is 52.5 Å². The Balaban J connectivity index is 1.93. The van der Waals surface area contributed by atoms with E-state index in [1.807, 2.05) is 6.92 Å². The lowest BCUT2D eigenvalue weighted by molar-refractivity contribution is 0.186. The Morgan fingerprint density at radius 3 is 2.71 bits per heavy atom. The van der Waals surface area contributed by atoms with Crippen molar-refractivity contribution in [1.29, 1.82) is 0 Å². The number of methoxy groups -OCH3 is 1. The molecule has 0 saturated heterocycles. The summed E-state index contributed by atoms with van der Waals surface area (Å²) in [5, 5.41) is 3.35. The van der Waals surface area contributed by atoms with Gasteiger partial charge >= 0.3 is 0 Å². The molecular formula is C18H21F2N3O. The second-order valence-corrected chi connectivity index (χ2v) is 6.08. The predicted octanol–water partition coefficient (Wildman–Crippen LogP) is 3.74. The van der Waals surface area contributed by atoms with E-state index in [0.717, 1.165) is 48.8 Å². The van der Waals surface area contributed by atoms with Gasteiger partial charge in [0.15, 0.2) is 11.6 Å². The van der Waals surface area contributed by atoms with Gasteiger partial charge in [-0.25, -0.2) is 18.7 Å². The molecule has 0 spiro atoms. The highest BCUT2D eigenvalue weighted by Gasteiger charge is 2.20. The average molecular weight is 333 g/mol. The zero-order valence-electron chi connectivity index (χ0n) is 13.9. The molecule has 0 bridgehead atoms. The molecule has 0 amide bonds. The normalized spacial score (nSPS) is 15.0. The van der Waals surface area contributed by atoms with Crippen molar-refractivity contribution in [2.45, 2.75) is 38.6 Å². The van der Waals surface area contributed by atoms with Crippen molar-refractivity contribution in [2.75, 3.05) is 19.0 Å². The van der Waals surface area contributed by atoms with Gasteiger partial charge in [0.25, 0.3) is 0 Å². The zero-order valence-corrected chi connectivity index (χ0v) is 13.9. The van der Waals surface area contributed by atoms with Crippen LogP contribution in [-0.2, 0) is 17.6 Å². The van der Waals surface area contributed by atoms with E-state index in [9.17, 15) is 8.78 Å². The summed E-state index contributed by atoms with van der Waals surface area (Å²) in [6.45, 7) is 2.19. The number of halogens is 2. The summed E-state index contributed by atoms with van der Waals surface area (Å²) in [7, 11) is 1.58. The van der Waals surface area contributed by atoms with Crippen molar-refractivity contribution in [1.82, 2.24) is 9.97 Å². The summed E-state index contributed by atoms with van der Waals surface area (Å²) in [5.74, 6) is -0.245. The topological polar surface area (TPSA) is 47.0 Å². The van der Waals surface area contributed by atoms with Crippen molar-refractivity contribution in [3.8, 4) is 0 Å². The summed E-state index contributed by atoms with van der Waals surface area (Å²) in [6, 6.07) is 3.59. The summed E-state index contributed by atoms with van der Waals surface area (Å²) in [4.78, 5) is 9.06. The maximum Gasteiger partial charge on any atom is 0.159 e. The van der Waals surface area contributed by atoms with Crippen molar-refractivity contribution in [2.24, 2.45) is 0 Å². The monoisotopic (exact) mass is 333 g/mol. The number of nitrogens with one attached hydrogen (secondary N) is 1. The number of benzene rings is 1. The fourth-order valence-electron chi connectivity index (χ4n) is 3.12. The maximum absolute atomic E-state index is 13.6. The molecule has 0 saturated carbocycles. The fourth-order valence-corrected chi connectivity index (χ4v) is 3.12. The van der Waals surface area contributed by atoms with E-state index >= 15 is 0 Å². The van der Waals surface area contributed by atoms with Crippen molar-refractivity contribution in [3.63, 3.8) is 0 Å². The Labute approximate surface area is 140 Å². The lowest BCUT2D eigenvalue weighted by Gasteiger charge is -2.24. The largest absolute Gasteiger partial charge is 0.382 e. The quantitative estimate of drug-likeness (QED) is 0.905. The molecule has 1 aliphatic carbocycles. The maximum atomic E-state index is 13.6. The van der Waals surface area contributed by atoms with Crippen LogP contribution >= 0.6 is 0 Å². The van der Waals surface area contributed by atoms with E-state index in [1.54, 1.807) is 13.2 Å². The number of fused-ring (bicyclic) bond motifs is 1. The minimum absolute atomic E-state index is 0.314. The molecule has 4 nitrogen and oxygen atoms in total. The number of anilines is 1. The van der Waals surface area contributed by atoms with Crippen LogP contribution in [0.1, 0.15) is 41.5 Å². The summed E-state index contributed by atoms with van der Waals surface area (Å²) < 4.78 is 32.0. The van der Waals surface area contributed by atoms with Gasteiger partial charge in [-0.1, -0.05) is 6.07 Å². The third-order valence-corrected chi connectivity index (χ3v) is 4.29. The lowest BCUT2D eigenvalue weighted by Crippen LogP contribution is -2.21. The molecule has 1 aromatic carbocycles. The van der Waals surface area contributed by atoms with Gasteiger partial charge in [-0.05, 0) is 50.3 Å². The van der Waals surface area contributed by atoms with Crippen LogP contribution in [0.2, 0.25) is 0 Å². The molecular weight excluding hydrogens is 312 g/mol. The molecule has 6 heteroatoms. The van der Waals surface area contributed by atoms with Gasteiger partial charge in [-0.2, -0.15) is 0 Å². The molecule has 1 heterocycles. The van der Waals surface area contributed by atoms with E-state index < -0.39 is 11.6 Å². The highest BCUT2D eigenvalue weighted by Crippen LogP contribution is 2.28. The Kier molecular flexibility index (Phi) is 5.04. The zero-order chi connectivity index (χ0) is 17.1. The van der Waals surface area contributed by atoms with Crippen LogP contribution in [0.3, 0.4) is 0 Å². The molecule has 0 fully saturated rings. The molecule has 1 unspecified atom stereocenters. The first kappa shape index (κ1) is 16.8. The Morgan fingerprint density at radius 2 is 1.96 bits per heavy atom. The fraction of sp³-hybridized carbons (Fsp3) is 0.444. The van der Waals surface area contributed by atoms with Crippen LogP contribution in [0, 0.1) is 18.6 Å². The van der Waals surface area contributed by atoms with Crippen LogP contribution in [0.4, 0.5) is 14.6 Å². The van der Waals surface area contributed by atoms with E-state index in [4.69, 9.17) is 4.74 Å². The summed E-state index contributed by atoms with van der Waals surface area (Å²) in [5.41, 5.74) is 2.82. The number of rotatable bonds is 5. The molecule has 128 valence electrons. The lowest BCUT2D eigenvalue weighted by atomic mass is 9.96. The number of hydrogen-bond donors (Lipinski definition) is 1. The highest BCUT2D eigenvalue weighted by atomic mass is 19.2. The molecule has 3 rings (SSSR count). The van der Waals surface area contributed by atoms with Crippen LogP contribution in [-0.4, -0.2) is 23.7 Å². The Morgan fingerprint density at radius 1 is 1.17 bits per heavy atom. The van der Waals surface area contributed by atoms with E-state index in [-0.39, 0.29) is 6.04 Å². The number of aromatic nitrogens is 2. The Bertz CT molecular complexity index is 736. The SMILES string of the molecule is COCC(Nc1nc(C)nc2c1CCCC2)c1ccc(F)c(F)c1. The van der Waals surface area contributed by atoms with Crippen LogP contribution in [0.15, 0.2) is 18.2 Å². The van der Waals surface area contributed by atoms with Gasteiger partial charge in [-0.15, -0.1) is 0 Å². The third kappa shape index (κ3) is 3.53. The first-order valence-electron chi connectivity index (χ1n) is 8.15. The predicted molar refractivity (Wildman–Crippen MR) is 88.0 cm³/mol. The first-order chi connectivity index (χ1) is 11.6. The molecule has 1 atom stereocenters. The number of ether oxygens (including phenoxy) is 1. The van der Waals surface area contributed by atoms with Gasteiger partial charge in [0.1, 0.15) is 11.6 Å². The first-order valence-corrected chi connectivity index (χ1v) is 8.15. The molecule has 0 aliphatic heterocycles. The van der Waals surface area contributed by atoms with Crippen molar-refractivity contribution >= 4 is 5.82 Å². The second-order valence-electron chi connectivity index (χ2n) is 6.08. The van der Waals surface area contributed by atoms with E-state index in [2.05, 4.69) is 15.3 Å². The van der Waals surface area contributed by atoms with Crippen LogP contribution in [0.5, 0.6) is 0 Å². The minimum atomic E-state index is -0.865.